The lowest BCUT2D eigenvalue weighted by atomic mass is 9.99. The predicted octanol–water partition coefficient (Wildman–Crippen LogP) is 2.43. The van der Waals surface area contributed by atoms with Gasteiger partial charge < -0.3 is 10.2 Å². The molecule has 0 saturated carbocycles. The van der Waals surface area contributed by atoms with Crippen LogP contribution in [0, 0.1) is 17.2 Å². The van der Waals surface area contributed by atoms with Crippen LogP contribution in [0.1, 0.15) is 33.1 Å². The minimum atomic E-state index is 0.204. The second-order valence-corrected chi connectivity index (χ2v) is 5.11. The zero-order chi connectivity index (χ0) is 13.7. The van der Waals surface area contributed by atoms with Crippen LogP contribution < -0.4 is 10.2 Å². The van der Waals surface area contributed by atoms with Crippen LogP contribution in [0.25, 0.3) is 0 Å². The van der Waals surface area contributed by atoms with Gasteiger partial charge in [0.15, 0.2) is 0 Å². The maximum absolute atomic E-state index is 8.91. The molecule has 1 aliphatic heterocycles. The monoisotopic (exact) mass is 259 g/mol. The summed E-state index contributed by atoms with van der Waals surface area (Å²) in [5.74, 6) is 2.04. The second-order valence-electron chi connectivity index (χ2n) is 5.11. The molecule has 1 fully saturated rings. The molecule has 2 rings (SSSR count). The Hall–Kier alpha value is -1.83. The van der Waals surface area contributed by atoms with E-state index in [-0.39, 0.29) is 5.92 Å². The molecule has 2 heterocycles. The Morgan fingerprint density at radius 1 is 1.47 bits per heavy atom. The first-order valence-corrected chi connectivity index (χ1v) is 6.96. The van der Waals surface area contributed by atoms with Gasteiger partial charge in [0.05, 0.1) is 6.07 Å². The Kier molecular flexibility index (Phi) is 4.56. The number of aromatic nitrogens is 2. The summed E-state index contributed by atoms with van der Waals surface area (Å²) >= 11 is 0. The van der Waals surface area contributed by atoms with Crippen molar-refractivity contribution < 1.29 is 0 Å². The molecule has 1 aromatic heterocycles. The van der Waals surface area contributed by atoms with Crippen molar-refractivity contribution in [1.29, 1.82) is 5.26 Å². The van der Waals surface area contributed by atoms with Gasteiger partial charge in [0.25, 0.3) is 0 Å². The van der Waals surface area contributed by atoms with Crippen molar-refractivity contribution in [3.8, 4) is 6.07 Å². The fourth-order valence-electron chi connectivity index (χ4n) is 2.19. The van der Waals surface area contributed by atoms with Gasteiger partial charge in [0, 0.05) is 31.1 Å². The molecule has 19 heavy (non-hydrogen) atoms. The lowest BCUT2D eigenvalue weighted by molar-refractivity contribution is 0.485. The van der Waals surface area contributed by atoms with Crippen LogP contribution in [0.5, 0.6) is 0 Å². The third kappa shape index (κ3) is 3.57. The SMILES string of the molecule is CCC(C)Nc1cc(N2CCC(C#N)CC2)ncn1. The molecule has 1 aromatic rings. The minimum Gasteiger partial charge on any atom is -0.367 e. The molecular weight excluding hydrogens is 238 g/mol. The minimum absolute atomic E-state index is 0.204. The quantitative estimate of drug-likeness (QED) is 0.899. The van der Waals surface area contributed by atoms with E-state index >= 15 is 0 Å². The van der Waals surface area contributed by atoms with Gasteiger partial charge in [-0.2, -0.15) is 5.26 Å². The van der Waals surface area contributed by atoms with Crippen LogP contribution in [-0.2, 0) is 0 Å². The molecule has 1 unspecified atom stereocenters. The van der Waals surface area contributed by atoms with E-state index in [1.165, 1.54) is 0 Å². The molecule has 1 atom stereocenters. The van der Waals surface area contributed by atoms with E-state index in [1.807, 2.05) is 6.07 Å². The molecule has 0 amide bonds. The number of piperidine rings is 1. The highest BCUT2D eigenvalue weighted by molar-refractivity contribution is 5.49. The molecule has 0 aromatic carbocycles. The number of anilines is 2. The fourth-order valence-corrected chi connectivity index (χ4v) is 2.19. The third-order valence-corrected chi connectivity index (χ3v) is 3.66. The van der Waals surface area contributed by atoms with Crippen LogP contribution in [0.3, 0.4) is 0 Å². The van der Waals surface area contributed by atoms with Crippen molar-refractivity contribution in [2.24, 2.45) is 5.92 Å². The van der Waals surface area contributed by atoms with E-state index in [4.69, 9.17) is 5.26 Å². The van der Waals surface area contributed by atoms with Gasteiger partial charge in [-0.15, -0.1) is 0 Å². The van der Waals surface area contributed by atoms with Crippen molar-refractivity contribution in [1.82, 2.24) is 9.97 Å². The number of hydrogen-bond acceptors (Lipinski definition) is 5. The predicted molar refractivity (Wildman–Crippen MR) is 76.0 cm³/mol. The Morgan fingerprint density at radius 3 is 2.84 bits per heavy atom. The highest BCUT2D eigenvalue weighted by Gasteiger charge is 2.20. The lowest BCUT2D eigenvalue weighted by Crippen LogP contribution is -2.33. The van der Waals surface area contributed by atoms with Gasteiger partial charge in [-0.05, 0) is 26.2 Å². The molecule has 1 saturated heterocycles. The molecule has 0 spiro atoms. The molecule has 5 nitrogen and oxygen atoms in total. The highest BCUT2D eigenvalue weighted by Crippen LogP contribution is 2.22. The zero-order valence-electron chi connectivity index (χ0n) is 11.6. The van der Waals surface area contributed by atoms with E-state index in [9.17, 15) is 0 Å². The first-order chi connectivity index (χ1) is 9.22. The number of nitrogens with zero attached hydrogens (tertiary/aromatic N) is 4. The first-order valence-electron chi connectivity index (χ1n) is 6.96. The molecular formula is C14H21N5. The summed E-state index contributed by atoms with van der Waals surface area (Å²) < 4.78 is 0. The van der Waals surface area contributed by atoms with E-state index in [2.05, 4.69) is 40.1 Å². The van der Waals surface area contributed by atoms with Crippen LogP contribution >= 0.6 is 0 Å². The smallest absolute Gasteiger partial charge is 0.134 e. The van der Waals surface area contributed by atoms with Gasteiger partial charge in [-0.3, -0.25) is 0 Å². The molecule has 102 valence electrons. The topological polar surface area (TPSA) is 64.8 Å². The number of nitrogens with one attached hydrogen (secondary N) is 1. The Bertz CT molecular complexity index is 445. The molecule has 0 bridgehead atoms. The number of nitriles is 1. The Balaban J connectivity index is 2.01. The van der Waals surface area contributed by atoms with Gasteiger partial charge in [-0.1, -0.05) is 6.92 Å². The van der Waals surface area contributed by atoms with E-state index in [0.29, 0.717) is 6.04 Å². The average molecular weight is 259 g/mol. The van der Waals surface area contributed by atoms with Crippen LogP contribution in [-0.4, -0.2) is 29.1 Å². The Labute approximate surface area is 114 Å². The van der Waals surface area contributed by atoms with Gasteiger partial charge in [0.1, 0.15) is 18.0 Å². The largest absolute Gasteiger partial charge is 0.367 e. The van der Waals surface area contributed by atoms with Crippen molar-refractivity contribution in [2.45, 2.75) is 39.2 Å². The molecule has 5 heteroatoms. The zero-order valence-corrected chi connectivity index (χ0v) is 11.6. The summed E-state index contributed by atoms with van der Waals surface area (Å²) in [5.41, 5.74) is 0. The summed E-state index contributed by atoms with van der Waals surface area (Å²) in [4.78, 5) is 10.8. The standard InChI is InChI=1S/C14H21N5/c1-3-11(2)18-13-8-14(17-10-16-13)19-6-4-12(9-15)5-7-19/h8,10-12H,3-7H2,1-2H3,(H,16,17,18). The lowest BCUT2D eigenvalue weighted by Gasteiger charge is -2.30. The van der Waals surface area contributed by atoms with Gasteiger partial charge >= 0.3 is 0 Å². The number of hydrogen-bond donors (Lipinski definition) is 1. The average Bonchev–Trinajstić information content (AvgIpc) is 2.47. The molecule has 1 N–H and O–H groups in total. The Morgan fingerprint density at radius 2 is 2.21 bits per heavy atom. The normalized spacial score (nSPS) is 17.8. The summed E-state index contributed by atoms with van der Waals surface area (Å²) in [7, 11) is 0. The van der Waals surface area contributed by atoms with E-state index in [1.54, 1.807) is 6.33 Å². The van der Waals surface area contributed by atoms with Crippen LogP contribution in [0.15, 0.2) is 12.4 Å². The van der Waals surface area contributed by atoms with Crippen molar-refractivity contribution in [2.75, 3.05) is 23.3 Å². The molecule has 0 radical (unpaired) electrons. The third-order valence-electron chi connectivity index (χ3n) is 3.66. The van der Waals surface area contributed by atoms with Crippen molar-refractivity contribution in [3.05, 3.63) is 12.4 Å². The van der Waals surface area contributed by atoms with Crippen molar-refractivity contribution >= 4 is 11.6 Å². The summed E-state index contributed by atoms with van der Waals surface area (Å²) in [6, 6.07) is 4.76. The van der Waals surface area contributed by atoms with Crippen LogP contribution in [0.4, 0.5) is 11.6 Å². The van der Waals surface area contributed by atoms with E-state index in [0.717, 1.165) is 44.0 Å². The van der Waals surface area contributed by atoms with Crippen LogP contribution in [0.2, 0.25) is 0 Å². The molecule has 1 aliphatic rings. The second kappa shape index (κ2) is 6.37. The molecule has 0 aliphatic carbocycles. The van der Waals surface area contributed by atoms with Crippen molar-refractivity contribution in [3.63, 3.8) is 0 Å². The maximum Gasteiger partial charge on any atom is 0.134 e. The van der Waals surface area contributed by atoms with Gasteiger partial charge in [0.2, 0.25) is 0 Å². The fraction of sp³-hybridized carbons (Fsp3) is 0.643. The summed E-state index contributed by atoms with van der Waals surface area (Å²) in [5, 5.41) is 12.3. The van der Waals surface area contributed by atoms with E-state index < -0.39 is 0 Å². The highest BCUT2D eigenvalue weighted by atomic mass is 15.2. The summed E-state index contributed by atoms with van der Waals surface area (Å²) in [6.07, 6.45) is 4.52. The summed E-state index contributed by atoms with van der Waals surface area (Å²) in [6.45, 7) is 6.09. The maximum atomic E-state index is 8.91. The number of rotatable bonds is 4. The van der Waals surface area contributed by atoms with Gasteiger partial charge in [-0.25, -0.2) is 9.97 Å². The first kappa shape index (κ1) is 13.6.